The molecule has 2 unspecified atom stereocenters. The van der Waals surface area contributed by atoms with Crippen molar-refractivity contribution < 1.29 is 9.90 Å². The van der Waals surface area contributed by atoms with Crippen molar-refractivity contribution in [3.63, 3.8) is 0 Å². The van der Waals surface area contributed by atoms with E-state index in [0.717, 1.165) is 38.8 Å². The second-order valence-electron chi connectivity index (χ2n) is 6.14. The maximum atomic E-state index is 11.6. The van der Waals surface area contributed by atoms with E-state index in [1.165, 1.54) is 0 Å². The second kappa shape index (κ2) is 7.25. The van der Waals surface area contributed by atoms with E-state index in [1.54, 1.807) is 0 Å². The Morgan fingerprint density at radius 2 is 1.89 bits per heavy atom. The van der Waals surface area contributed by atoms with Gasteiger partial charge in [0.1, 0.15) is 5.54 Å². The fourth-order valence-corrected chi connectivity index (χ4v) is 2.73. The van der Waals surface area contributed by atoms with Gasteiger partial charge in [-0.25, -0.2) is 0 Å². The summed E-state index contributed by atoms with van der Waals surface area (Å²) in [6, 6.07) is 0.714. The highest BCUT2D eigenvalue weighted by Crippen LogP contribution is 2.26. The average molecular weight is 270 g/mol. The van der Waals surface area contributed by atoms with E-state index in [-0.39, 0.29) is 0 Å². The molecule has 1 aliphatic carbocycles. The molecule has 112 valence electrons. The second-order valence-corrected chi connectivity index (χ2v) is 6.14. The zero-order valence-corrected chi connectivity index (χ0v) is 12.9. The van der Waals surface area contributed by atoms with Crippen molar-refractivity contribution in [2.45, 2.75) is 77.4 Å². The van der Waals surface area contributed by atoms with Gasteiger partial charge in [-0.2, -0.15) is 0 Å². The predicted molar refractivity (Wildman–Crippen MR) is 78.4 cm³/mol. The third kappa shape index (κ3) is 5.11. The monoisotopic (exact) mass is 270 g/mol. The van der Waals surface area contributed by atoms with Crippen LogP contribution in [0.1, 0.15) is 59.8 Å². The summed E-state index contributed by atoms with van der Waals surface area (Å²) >= 11 is 0. The van der Waals surface area contributed by atoms with Crippen LogP contribution < -0.4 is 5.32 Å². The number of hydrogen-bond acceptors (Lipinski definition) is 3. The van der Waals surface area contributed by atoms with Gasteiger partial charge in [-0.15, -0.1) is 0 Å². The first kappa shape index (κ1) is 16.4. The SMILES string of the molecule is CCCN(CCC)C(C)CC(C)(NC1CC1)C(=O)O. The summed E-state index contributed by atoms with van der Waals surface area (Å²) in [7, 11) is 0. The summed E-state index contributed by atoms with van der Waals surface area (Å²) in [5.41, 5.74) is -0.791. The minimum Gasteiger partial charge on any atom is -0.480 e. The minimum atomic E-state index is -0.791. The molecule has 4 heteroatoms. The smallest absolute Gasteiger partial charge is 0.323 e. The van der Waals surface area contributed by atoms with Crippen LogP contribution in [0, 0.1) is 0 Å². The average Bonchev–Trinajstić information content (AvgIpc) is 3.12. The van der Waals surface area contributed by atoms with E-state index < -0.39 is 11.5 Å². The Morgan fingerprint density at radius 3 is 2.26 bits per heavy atom. The fraction of sp³-hybridized carbons (Fsp3) is 0.933. The largest absolute Gasteiger partial charge is 0.480 e. The highest BCUT2D eigenvalue weighted by atomic mass is 16.4. The Labute approximate surface area is 117 Å². The van der Waals surface area contributed by atoms with Crippen molar-refractivity contribution >= 4 is 5.97 Å². The van der Waals surface area contributed by atoms with Crippen molar-refractivity contribution in [1.82, 2.24) is 10.2 Å². The molecule has 0 aromatic heterocycles. The molecular formula is C15H30N2O2. The Balaban J connectivity index is 2.62. The lowest BCUT2D eigenvalue weighted by Gasteiger charge is -2.35. The van der Waals surface area contributed by atoms with Gasteiger partial charge in [0.2, 0.25) is 0 Å². The molecule has 0 saturated heterocycles. The molecule has 0 aromatic rings. The van der Waals surface area contributed by atoms with E-state index in [0.29, 0.717) is 18.5 Å². The molecule has 1 fully saturated rings. The molecule has 4 nitrogen and oxygen atoms in total. The topological polar surface area (TPSA) is 52.6 Å². The summed E-state index contributed by atoms with van der Waals surface area (Å²) in [5.74, 6) is -0.723. The van der Waals surface area contributed by atoms with Gasteiger partial charge in [-0.1, -0.05) is 13.8 Å². The lowest BCUT2D eigenvalue weighted by molar-refractivity contribution is -0.145. The van der Waals surface area contributed by atoms with Crippen LogP contribution in [0.15, 0.2) is 0 Å². The van der Waals surface area contributed by atoms with Gasteiger partial charge in [-0.05, 0) is 59.0 Å². The molecule has 1 saturated carbocycles. The van der Waals surface area contributed by atoms with E-state index in [9.17, 15) is 9.90 Å². The van der Waals surface area contributed by atoms with E-state index in [2.05, 4.69) is 31.0 Å². The van der Waals surface area contributed by atoms with Gasteiger partial charge in [-0.3, -0.25) is 10.1 Å². The number of nitrogens with zero attached hydrogens (tertiary/aromatic N) is 1. The normalized spacial score (nSPS) is 20.3. The standard InChI is InChI=1S/C15H30N2O2/c1-5-9-17(10-6-2)12(3)11-15(4,14(18)19)16-13-7-8-13/h12-13,16H,5-11H2,1-4H3,(H,18,19). The first-order valence-corrected chi connectivity index (χ1v) is 7.68. The summed E-state index contributed by atoms with van der Waals surface area (Å²) in [6.07, 6.45) is 5.13. The van der Waals surface area contributed by atoms with E-state index in [1.807, 2.05) is 6.92 Å². The van der Waals surface area contributed by atoms with E-state index >= 15 is 0 Å². The molecule has 2 atom stereocenters. The van der Waals surface area contributed by atoms with Crippen molar-refractivity contribution in [2.24, 2.45) is 0 Å². The molecular weight excluding hydrogens is 240 g/mol. The van der Waals surface area contributed by atoms with Crippen LogP contribution in [0.4, 0.5) is 0 Å². The lowest BCUT2D eigenvalue weighted by Crippen LogP contribution is -2.54. The summed E-state index contributed by atoms with van der Waals surface area (Å²) in [4.78, 5) is 14.0. The number of nitrogens with one attached hydrogen (secondary N) is 1. The molecule has 0 heterocycles. The van der Waals surface area contributed by atoms with E-state index in [4.69, 9.17) is 0 Å². The summed E-state index contributed by atoms with van der Waals surface area (Å²) in [5, 5.41) is 12.8. The quantitative estimate of drug-likeness (QED) is 0.640. The number of hydrogen-bond donors (Lipinski definition) is 2. The van der Waals surface area contributed by atoms with Crippen LogP contribution in [0.2, 0.25) is 0 Å². The highest BCUT2D eigenvalue weighted by Gasteiger charge is 2.40. The van der Waals surface area contributed by atoms with Crippen LogP contribution in [0.3, 0.4) is 0 Å². The Hall–Kier alpha value is -0.610. The third-order valence-electron chi connectivity index (χ3n) is 3.92. The van der Waals surface area contributed by atoms with Crippen molar-refractivity contribution in [1.29, 1.82) is 0 Å². The zero-order valence-electron chi connectivity index (χ0n) is 12.9. The minimum absolute atomic E-state index is 0.298. The maximum absolute atomic E-state index is 11.6. The lowest BCUT2D eigenvalue weighted by atomic mass is 9.92. The Kier molecular flexibility index (Phi) is 6.27. The maximum Gasteiger partial charge on any atom is 0.323 e. The number of carboxylic acid groups (broad SMARTS) is 1. The number of rotatable bonds is 10. The molecule has 2 N–H and O–H groups in total. The van der Waals surface area contributed by atoms with Crippen LogP contribution in [0.5, 0.6) is 0 Å². The molecule has 0 radical (unpaired) electrons. The highest BCUT2D eigenvalue weighted by molar-refractivity contribution is 5.78. The predicted octanol–water partition coefficient (Wildman–Crippen LogP) is 2.48. The number of carbonyl (C=O) groups is 1. The number of carboxylic acids is 1. The summed E-state index contributed by atoms with van der Waals surface area (Å²) < 4.78 is 0. The van der Waals surface area contributed by atoms with Gasteiger partial charge in [0.25, 0.3) is 0 Å². The first-order chi connectivity index (χ1) is 8.92. The van der Waals surface area contributed by atoms with Gasteiger partial charge in [0, 0.05) is 12.1 Å². The molecule has 19 heavy (non-hydrogen) atoms. The molecule has 0 amide bonds. The first-order valence-electron chi connectivity index (χ1n) is 7.68. The molecule has 0 bridgehead atoms. The van der Waals surface area contributed by atoms with Crippen LogP contribution in [-0.4, -0.2) is 46.7 Å². The van der Waals surface area contributed by atoms with Crippen molar-refractivity contribution in [3.05, 3.63) is 0 Å². The van der Waals surface area contributed by atoms with Gasteiger partial charge >= 0.3 is 5.97 Å². The van der Waals surface area contributed by atoms with Gasteiger partial charge < -0.3 is 10.0 Å². The van der Waals surface area contributed by atoms with Crippen molar-refractivity contribution in [2.75, 3.05) is 13.1 Å². The van der Waals surface area contributed by atoms with Crippen LogP contribution in [0.25, 0.3) is 0 Å². The zero-order chi connectivity index (χ0) is 14.5. The molecule has 1 rings (SSSR count). The Morgan fingerprint density at radius 1 is 1.37 bits per heavy atom. The fourth-order valence-electron chi connectivity index (χ4n) is 2.73. The van der Waals surface area contributed by atoms with Gasteiger partial charge in [0.05, 0.1) is 0 Å². The third-order valence-corrected chi connectivity index (χ3v) is 3.92. The number of aliphatic carboxylic acids is 1. The van der Waals surface area contributed by atoms with Gasteiger partial charge in [0.15, 0.2) is 0 Å². The van der Waals surface area contributed by atoms with Crippen LogP contribution >= 0.6 is 0 Å². The van der Waals surface area contributed by atoms with Crippen LogP contribution in [-0.2, 0) is 4.79 Å². The molecule has 0 aliphatic heterocycles. The summed E-state index contributed by atoms with van der Waals surface area (Å²) in [6.45, 7) is 10.4. The molecule has 0 spiro atoms. The Bertz CT molecular complexity index is 286. The van der Waals surface area contributed by atoms with Crippen molar-refractivity contribution in [3.8, 4) is 0 Å². The molecule has 1 aliphatic rings. The molecule has 0 aromatic carbocycles.